The molecular weight excluding hydrogens is 402 g/mol. The number of hydrogen-bond acceptors (Lipinski definition) is 5. The van der Waals surface area contributed by atoms with Crippen molar-refractivity contribution in [2.45, 2.75) is 19.3 Å². The number of ketones is 1. The molecule has 0 atom stereocenters. The minimum Gasteiger partial charge on any atom is -0.497 e. The van der Waals surface area contributed by atoms with Crippen molar-refractivity contribution in [1.29, 1.82) is 0 Å². The summed E-state index contributed by atoms with van der Waals surface area (Å²) in [5, 5.41) is 4.50. The minimum atomic E-state index is -0.243. The lowest BCUT2D eigenvalue weighted by molar-refractivity contribution is 0.104. The Balaban J connectivity index is 1.83. The Morgan fingerprint density at radius 3 is 2.34 bits per heavy atom. The number of aryl methyl sites for hydroxylation is 1. The van der Waals surface area contributed by atoms with Crippen LogP contribution in [-0.2, 0) is 7.05 Å². The van der Waals surface area contributed by atoms with Crippen LogP contribution in [0.2, 0.25) is 0 Å². The van der Waals surface area contributed by atoms with E-state index in [4.69, 9.17) is 4.74 Å². The third-order valence-electron chi connectivity index (χ3n) is 5.73. The predicted molar refractivity (Wildman–Crippen MR) is 127 cm³/mol. The highest BCUT2D eigenvalue weighted by Crippen LogP contribution is 2.29. The van der Waals surface area contributed by atoms with Crippen molar-refractivity contribution >= 4 is 17.5 Å². The number of methoxy groups -OCH3 is 1. The van der Waals surface area contributed by atoms with E-state index in [0.29, 0.717) is 16.9 Å². The van der Waals surface area contributed by atoms with Crippen molar-refractivity contribution in [3.8, 4) is 17.0 Å². The standard InChI is InChI=1S/C26H27N3O3/c1-28-26(31)25(29-17-7-4-8-18-29)23(24(27-28)20-9-5-3-6-10-20)22(30)16-13-19-11-14-21(32-2)15-12-19/h3,5-6,9-16H,4,7-8,17-18H2,1-2H3/b16-13-. The Kier molecular flexibility index (Phi) is 6.50. The first-order valence-corrected chi connectivity index (χ1v) is 10.9. The fourth-order valence-corrected chi connectivity index (χ4v) is 4.03. The molecule has 0 N–H and O–H groups in total. The molecule has 0 unspecified atom stereocenters. The van der Waals surface area contributed by atoms with E-state index in [1.807, 2.05) is 54.6 Å². The highest BCUT2D eigenvalue weighted by molar-refractivity contribution is 6.14. The number of ether oxygens (including phenoxy) is 1. The van der Waals surface area contributed by atoms with Crippen LogP contribution in [0.5, 0.6) is 5.75 Å². The maximum absolute atomic E-state index is 13.5. The summed E-state index contributed by atoms with van der Waals surface area (Å²) in [6.45, 7) is 1.52. The molecule has 0 bridgehead atoms. The summed E-state index contributed by atoms with van der Waals surface area (Å²) in [5.41, 5.74) is 2.78. The van der Waals surface area contributed by atoms with Crippen molar-refractivity contribution in [1.82, 2.24) is 9.78 Å². The molecule has 4 rings (SSSR count). The van der Waals surface area contributed by atoms with Crippen molar-refractivity contribution in [3.63, 3.8) is 0 Å². The van der Waals surface area contributed by atoms with Gasteiger partial charge in [-0.05, 0) is 43.0 Å². The van der Waals surface area contributed by atoms with Gasteiger partial charge in [0, 0.05) is 25.7 Å². The predicted octanol–water partition coefficient (Wildman–Crippen LogP) is 4.34. The summed E-state index contributed by atoms with van der Waals surface area (Å²) >= 11 is 0. The molecule has 1 aliphatic heterocycles. The van der Waals surface area contributed by atoms with Gasteiger partial charge in [0.1, 0.15) is 17.1 Å². The van der Waals surface area contributed by atoms with E-state index in [2.05, 4.69) is 10.00 Å². The SMILES string of the molecule is COc1ccc(/C=C\C(=O)c2c(-c3ccccc3)nn(C)c(=O)c2N2CCCCC2)cc1. The average Bonchev–Trinajstić information content (AvgIpc) is 2.85. The van der Waals surface area contributed by atoms with Crippen LogP contribution in [0, 0.1) is 0 Å². The summed E-state index contributed by atoms with van der Waals surface area (Å²) in [7, 11) is 3.26. The Labute approximate surface area is 187 Å². The minimum absolute atomic E-state index is 0.231. The fraction of sp³-hybridized carbons (Fsp3) is 0.269. The van der Waals surface area contributed by atoms with Crippen LogP contribution in [0.25, 0.3) is 17.3 Å². The first-order valence-electron chi connectivity index (χ1n) is 10.9. The van der Waals surface area contributed by atoms with E-state index in [1.54, 1.807) is 20.2 Å². The van der Waals surface area contributed by atoms with Gasteiger partial charge >= 0.3 is 0 Å². The van der Waals surface area contributed by atoms with Crippen LogP contribution in [0.3, 0.4) is 0 Å². The quantitative estimate of drug-likeness (QED) is 0.431. The first-order chi connectivity index (χ1) is 15.6. The Morgan fingerprint density at radius 1 is 1.00 bits per heavy atom. The normalized spacial score (nSPS) is 14.0. The molecule has 1 aliphatic rings. The Hall–Kier alpha value is -3.67. The third kappa shape index (κ3) is 4.49. The molecule has 32 heavy (non-hydrogen) atoms. The number of carbonyl (C=O) groups excluding carboxylic acids is 1. The zero-order valence-corrected chi connectivity index (χ0v) is 18.5. The molecule has 0 aliphatic carbocycles. The van der Waals surface area contributed by atoms with E-state index in [-0.39, 0.29) is 11.3 Å². The number of allylic oxidation sites excluding steroid dienone is 1. The lowest BCUT2D eigenvalue weighted by Crippen LogP contribution is -2.38. The van der Waals surface area contributed by atoms with Crippen molar-refractivity contribution in [2.24, 2.45) is 7.05 Å². The van der Waals surface area contributed by atoms with E-state index >= 15 is 0 Å². The number of piperidine rings is 1. The first kappa shape index (κ1) is 21.6. The summed E-state index contributed by atoms with van der Waals surface area (Å²) < 4.78 is 6.54. The van der Waals surface area contributed by atoms with E-state index < -0.39 is 0 Å². The van der Waals surface area contributed by atoms with Gasteiger partial charge in [-0.2, -0.15) is 5.10 Å². The molecule has 2 aromatic carbocycles. The topological polar surface area (TPSA) is 64.4 Å². The number of rotatable bonds is 6. The van der Waals surface area contributed by atoms with E-state index in [9.17, 15) is 9.59 Å². The molecule has 1 saturated heterocycles. The largest absolute Gasteiger partial charge is 0.497 e. The van der Waals surface area contributed by atoms with Gasteiger partial charge < -0.3 is 9.64 Å². The molecule has 1 aromatic heterocycles. The second-order valence-electron chi connectivity index (χ2n) is 7.89. The van der Waals surface area contributed by atoms with Crippen LogP contribution in [0.1, 0.15) is 35.2 Å². The van der Waals surface area contributed by atoms with Gasteiger partial charge in [-0.15, -0.1) is 0 Å². The molecule has 0 amide bonds. The summed E-state index contributed by atoms with van der Waals surface area (Å²) in [6, 6.07) is 17.0. The van der Waals surface area contributed by atoms with Crippen molar-refractivity contribution in [2.75, 3.05) is 25.1 Å². The second-order valence-corrected chi connectivity index (χ2v) is 7.89. The zero-order chi connectivity index (χ0) is 22.5. The van der Waals surface area contributed by atoms with Gasteiger partial charge in [0.25, 0.3) is 5.56 Å². The van der Waals surface area contributed by atoms with Crippen LogP contribution in [-0.4, -0.2) is 35.8 Å². The summed E-state index contributed by atoms with van der Waals surface area (Å²) in [6.07, 6.45) is 6.42. The number of nitrogens with zero attached hydrogens (tertiary/aromatic N) is 3. The molecular formula is C26H27N3O3. The number of carbonyl (C=O) groups is 1. The van der Waals surface area contributed by atoms with Gasteiger partial charge in [0.2, 0.25) is 0 Å². The van der Waals surface area contributed by atoms with Gasteiger partial charge in [0.15, 0.2) is 5.78 Å². The number of benzene rings is 2. The molecule has 0 spiro atoms. The lowest BCUT2D eigenvalue weighted by atomic mass is 9.99. The lowest BCUT2D eigenvalue weighted by Gasteiger charge is -2.30. The smallest absolute Gasteiger partial charge is 0.290 e. The van der Waals surface area contributed by atoms with E-state index in [1.165, 1.54) is 10.8 Å². The van der Waals surface area contributed by atoms with Gasteiger partial charge in [-0.3, -0.25) is 9.59 Å². The molecule has 0 radical (unpaired) electrons. The Bertz CT molecular complexity index is 1180. The maximum atomic E-state index is 13.5. The third-order valence-corrected chi connectivity index (χ3v) is 5.73. The Morgan fingerprint density at radius 2 is 1.69 bits per heavy atom. The average molecular weight is 430 g/mol. The number of aromatic nitrogens is 2. The van der Waals surface area contributed by atoms with Gasteiger partial charge in [-0.1, -0.05) is 48.5 Å². The van der Waals surface area contributed by atoms with Crippen LogP contribution in [0.4, 0.5) is 5.69 Å². The van der Waals surface area contributed by atoms with Gasteiger partial charge in [-0.25, -0.2) is 4.68 Å². The molecule has 2 heterocycles. The number of anilines is 1. The van der Waals surface area contributed by atoms with Gasteiger partial charge in [0.05, 0.1) is 12.7 Å². The maximum Gasteiger partial charge on any atom is 0.290 e. The van der Waals surface area contributed by atoms with Crippen LogP contribution in [0.15, 0.2) is 65.5 Å². The van der Waals surface area contributed by atoms with E-state index in [0.717, 1.165) is 49.2 Å². The molecule has 1 fully saturated rings. The second kappa shape index (κ2) is 9.64. The molecule has 3 aromatic rings. The molecule has 6 heteroatoms. The van der Waals surface area contributed by atoms with Crippen molar-refractivity contribution in [3.05, 3.63) is 82.2 Å². The highest BCUT2D eigenvalue weighted by atomic mass is 16.5. The summed E-state index contributed by atoms with van der Waals surface area (Å²) in [5.74, 6) is 0.522. The fourth-order valence-electron chi connectivity index (χ4n) is 4.03. The monoisotopic (exact) mass is 429 g/mol. The summed E-state index contributed by atoms with van der Waals surface area (Å²) in [4.78, 5) is 28.8. The van der Waals surface area contributed by atoms with Crippen molar-refractivity contribution < 1.29 is 9.53 Å². The van der Waals surface area contributed by atoms with Crippen LogP contribution >= 0.6 is 0 Å². The molecule has 6 nitrogen and oxygen atoms in total. The molecule has 164 valence electrons. The van der Waals surface area contributed by atoms with Crippen LogP contribution < -0.4 is 15.2 Å². The number of hydrogen-bond donors (Lipinski definition) is 0. The molecule has 0 saturated carbocycles. The highest BCUT2D eigenvalue weighted by Gasteiger charge is 2.26. The zero-order valence-electron chi connectivity index (χ0n) is 18.5.